The zero-order valence-electron chi connectivity index (χ0n) is 5.11. The Morgan fingerprint density at radius 2 is 2.38 bits per heavy atom. The third-order valence-corrected chi connectivity index (χ3v) is 0.724. The molecule has 48 valence electrons. The molecule has 0 unspecified atom stereocenters. The van der Waals surface area contributed by atoms with Gasteiger partial charge in [0.15, 0.2) is 0 Å². The number of alkyl halides is 1. The Morgan fingerprint density at radius 1 is 1.75 bits per heavy atom. The van der Waals surface area contributed by atoms with E-state index in [4.69, 9.17) is 16.3 Å². The lowest BCUT2D eigenvalue weighted by Gasteiger charge is -1.97. The molecule has 0 saturated carbocycles. The first kappa shape index (κ1) is 7.99. The molecule has 1 nitrogen and oxygen atoms in total. The molecule has 2 heteroatoms. The molecular formula is C6H11ClO. The molecule has 0 saturated heterocycles. The van der Waals surface area contributed by atoms with E-state index in [1.165, 1.54) is 0 Å². The van der Waals surface area contributed by atoms with Crippen molar-refractivity contribution in [2.45, 2.75) is 6.92 Å². The Labute approximate surface area is 55.3 Å². The van der Waals surface area contributed by atoms with Gasteiger partial charge in [-0.3, -0.25) is 0 Å². The summed E-state index contributed by atoms with van der Waals surface area (Å²) < 4.78 is 5.01. The van der Waals surface area contributed by atoms with E-state index in [0.717, 1.165) is 5.57 Å². The van der Waals surface area contributed by atoms with Gasteiger partial charge in [0.1, 0.15) is 0 Å². The van der Waals surface area contributed by atoms with Crippen LogP contribution in [0.5, 0.6) is 0 Å². The van der Waals surface area contributed by atoms with Crippen molar-refractivity contribution in [1.82, 2.24) is 0 Å². The molecule has 0 bridgehead atoms. The Hall–Kier alpha value is -0.0100. The molecule has 0 aliphatic carbocycles. The van der Waals surface area contributed by atoms with Gasteiger partial charge in [0.2, 0.25) is 0 Å². The highest BCUT2D eigenvalue weighted by Gasteiger charge is 1.83. The summed E-state index contributed by atoms with van der Waals surface area (Å²) in [6, 6.07) is 0. The summed E-state index contributed by atoms with van der Waals surface area (Å²) >= 11 is 5.33. The van der Waals surface area contributed by atoms with Crippen LogP contribution in [0.3, 0.4) is 0 Å². The fourth-order valence-electron chi connectivity index (χ4n) is 0.301. The number of rotatable bonds is 4. The summed E-state index contributed by atoms with van der Waals surface area (Å²) in [4.78, 5) is 0. The number of hydrogen-bond donors (Lipinski definition) is 0. The first-order valence-corrected chi connectivity index (χ1v) is 3.09. The molecule has 0 aliphatic heterocycles. The molecule has 0 heterocycles. The van der Waals surface area contributed by atoms with E-state index in [-0.39, 0.29) is 0 Å². The third-order valence-electron chi connectivity index (χ3n) is 0.570. The monoisotopic (exact) mass is 134 g/mol. The van der Waals surface area contributed by atoms with Crippen molar-refractivity contribution < 1.29 is 4.74 Å². The Morgan fingerprint density at radius 3 is 2.75 bits per heavy atom. The first-order valence-electron chi connectivity index (χ1n) is 2.55. The molecule has 0 aliphatic rings. The maximum absolute atomic E-state index is 5.33. The van der Waals surface area contributed by atoms with Crippen LogP contribution in [0.15, 0.2) is 12.2 Å². The number of halogens is 1. The largest absolute Gasteiger partial charge is 0.376 e. The van der Waals surface area contributed by atoms with Gasteiger partial charge in [-0.1, -0.05) is 12.2 Å². The van der Waals surface area contributed by atoms with Crippen molar-refractivity contribution in [3.8, 4) is 0 Å². The zero-order valence-corrected chi connectivity index (χ0v) is 5.87. The highest BCUT2D eigenvalue weighted by molar-refractivity contribution is 6.17. The Bertz CT molecular complexity index is 70.9. The lowest BCUT2D eigenvalue weighted by Crippen LogP contribution is -1.97. The molecule has 0 spiro atoms. The van der Waals surface area contributed by atoms with Crippen molar-refractivity contribution >= 4 is 11.6 Å². The summed E-state index contributed by atoms with van der Waals surface area (Å²) in [6.45, 7) is 6.83. The van der Waals surface area contributed by atoms with Gasteiger partial charge < -0.3 is 4.74 Å². The summed E-state index contributed by atoms with van der Waals surface area (Å²) in [7, 11) is 0. The molecule has 0 amide bonds. The summed E-state index contributed by atoms with van der Waals surface area (Å²) in [5.74, 6) is 0.563. The molecule has 0 N–H and O–H groups in total. The van der Waals surface area contributed by atoms with Crippen molar-refractivity contribution in [2.75, 3.05) is 19.1 Å². The van der Waals surface area contributed by atoms with Crippen LogP contribution in [0.4, 0.5) is 0 Å². The molecule has 0 aromatic heterocycles. The molecule has 0 aromatic carbocycles. The Balaban J connectivity index is 2.82. The second-order valence-electron chi connectivity index (χ2n) is 1.70. The molecule has 0 rings (SSSR count). The van der Waals surface area contributed by atoms with Crippen molar-refractivity contribution in [3.63, 3.8) is 0 Å². The number of hydrogen-bond acceptors (Lipinski definition) is 1. The predicted octanol–water partition coefficient (Wildman–Crippen LogP) is 1.82. The van der Waals surface area contributed by atoms with Gasteiger partial charge in [-0.05, 0) is 6.92 Å². The third kappa shape index (κ3) is 5.99. The summed E-state index contributed by atoms with van der Waals surface area (Å²) in [6.07, 6.45) is 0. The van der Waals surface area contributed by atoms with E-state index in [9.17, 15) is 0 Å². The standard InChI is InChI=1S/C6H11ClO/c1-6(2)5-8-4-3-7/h1,3-5H2,2H3. The smallest absolute Gasteiger partial charge is 0.0672 e. The van der Waals surface area contributed by atoms with Crippen LogP contribution in [0.1, 0.15) is 6.92 Å². The quantitative estimate of drug-likeness (QED) is 0.324. The summed E-state index contributed by atoms with van der Waals surface area (Å²) in [5, 5.41) is 0. The van der Waals surface area contributed by atoms with Gasteiger partial charge in [0.25, 0.3) is 0 Å². The first-order chi connectivity index (χ1) is 3.77. The molecule has 0 atom stereocenters. The fraction of sp³-hybridized carbons (Fsp3) is 0.667. The maximum atomic E-state index is 5.33. The van der Waals surface area contributed by atoms with E-state index in [2.05, 4.69) is 6.58 Å². The van der Waals surface area contributed by atoms with Crippen LogP contribution in [-0.2, 0) is 4.74 Å². The highest BCUT2D eigenvalue weighted by Crippen LogP contribution is 1.87. The summed E-state index contributed by atoms with van der Waals surface area (Å²) in [5.41, 5.74) is 1.04. The fourth-order valence-corrected chi connectivity index (χ4v) is 0.410. The van der Waals surface area contributed by atoms with Gasteiger partial charge in [-0.25, -0.2) is 0 Å². The minimum absolute atomic E-state index is 0.563. The zero-order chi connectivity index (χ0) is 6.41. The topological polar surface area (TPSA) is 9.23 Å². The number of ether oxygens (including phenoxy) is 1. The van der Waals surface area contributed by atoms with Gasteiger partial charge in [0.05, 0.1) is 13.2 Å². The lowest BCUT2D eigenvalue weighted by molar-refractivity contribution is 0.173. The van der Waals surface area contributed by atoms with E-state index in [1.807, 2.05) is 6.92 Å². The van der Waals surface area contributed by atoms with Crippen molar-refractivity contribution in [2.24, 2.45) is 0 Å². The van der Waals surface area contributed by atoms with Gasteiger partial charge in [0, 0.05) is 5.88 Å². The van der Waals surface area contributed by atoms with Crippen molar-refractivity contribution in [1.29, 1.82) is 0 Å². The molecule has 8 heavy (non-hydrogen) atoms. The van der Waals surface area contributed by atoms with Crippen LogP contribution >= 0.6 is 11.6 Å². The molecular weight excluding hydrogens is 124 g/mol. The molecule has 0 aromatic rings. The van der Waals surface area contributed by atoms with Crippen LogP contribution in [0, 0.1) is 0 Å². The lowest BCUT2D eigenvalue weighted by atomic mass is 10.4. The van der Waals surface area contributed by atoms with E-state index in [0.29, 0.717) is 19.1 Å². The van der Waals surface area contributed by atoms with Gasteiger partial charge >= 0.3 is 0 Å². The molecule has 0 fully saturated rings. The van der Waals surface area contributed by atoms with Crippen LogP contribution < -0.4 is 0 Å². The average molecular weight is 135 g/mol. The second-order valence-corrected chi connectivity index (χ2v) is 2.08. The minimum atomic E-state index is 0.563. The van der Waals surface area contributed by atoms with E-state index in [1.54, 1.807) is 0 Å². The highest BCUT2D eigenvalue weighted by atomic mass is 35.5. The SMILES string of the molecule is C=C(C)COCCCl. The average Bonchev–Trinajstić information content (AvgIpc) is 1.66. The predicted molar refractivity (Wildman–Crippen MR) is 36.4 cm³/mol. The van der Waals surface area contributed by atoms with Gasteiger partial charge in [-0.2, -0.15) is 0 Å². The maximum Gasteiger partial charge on any atom is 0.0672 e. The van der Waals surface area contributed by atoms with Gasteiger partial charge in [-0.15, -0.1) is 11.6 Å². The van der Waals surface area contributed by atoms with Crippen LogP contribution in [0.2, 0.25) is 0 Å². The van der Waals surface area contributed by atoms with E-state index < -0.39 is 0 Å². The normalized spacial score (nSPS) is 9.25. The molecule has 0 radical (unpaired) electrons. The van der Waals surface area contributed by atoms with Crippen LogP contribution in [0.25, 0.3) is 0 Å². The van der Waals surface area contributed by atoms with E-state index >= 15 is 0 Å². The Kier molecular flexibility index (Phi) is 5.13. The van der Waals surface area contributed by atoms with Crippen LogP contribution in [-0.4, -0.2) is 19.1 Å². The second kappa shape index (κ2) is 5.13. The van der Waals surface area contributed by atoms with Crippen molar-refractivity contribution in [3.05, 3.63) is 12.2 Å². The minimum Gasteiger partial charge on any atom is -0.376 e.